The lowest BCUT2D eigenvalue weighted by molar-refractivity contribution is 0.200. The van der Waals surface area contributed by atoms with Crippen molar-refractivity contribution in [2.75, 3.05) is 31.1 Å². The van der Waals surface area contributed by atoms with Crippen LogP contribution in [0, 0.1) is 5.82 Å². The van der Waals surface area contributed by atoms with Gasteiger partial charge in [0.05, 0.1) is 5.02 Å². The number of hydrogen-bond donors (Lipinski definition) is 1. The van der Waals surface area contributed by atoms with Gasteiger partial charge in [-0.3, -0.25) is 4.57 Å². The largest absolute Gasteiger partial charge is 0.351 e. The van der Waals surface area contributed by atoms with Crippen molar-refractivity contribution in [1.29, 1.82) is 0 Å². The molecule has 214 valence electrons. The summed E-state index contributed by atoms with van der Waals surface area (Å²) in [5.74, 6) is 0.181. The number of anilines is 1. The second kappa shape index (κ2) is 11.2. The molecule has 3 heterocycles. The minimum Gasteiger partial charge on any atom is -0.351 e. The van der Waals surface area contributed by atoms with Crippen molar-refractivity contribution in [3.05, 3.63) is 95.0 Å². The molecule has 10 nitrogen and oxygen atoms in total. The molecule has 6 rings (SSSR count). The number of amides is 2. The first kappa shape index (κ1) is 27.9. The number of halogens is 3. The number of fused-ring (bicyclic) bond motifs is 1. The van der Waals surface area contributed by atoms with Gasteiger partial charge in [0.2, 0.25) is 0 Å². The summed E-state index contributed by atoms with van der Waals surface area (Å²) in [5.41, 5.74) is 2.56. The van der Waals surface area contributed by atoms with Crippen LogP contribution in [0.4, 0.5) is 15.0 Å². The highest BCUT2D eigenvalue weighted by atomic mass is 35.5. The number of benzene rings is 3. The minimum atomic E-state index is -4.38. The van der Waals surface area contributed by atoms with E-state index in [0.717, 1.165) is 17.8 Å². The Balaban J connectivity index is 1.29. The van der Waals surface area contributed by atoms with Gasteiger partial charge in [-0.15, -0.1) is 0 Å². The van der Waals surface area contributed by atoms with Crippen molar-refractivity contribution < 1.29 is 17.6 Å². The van der Waals surface area contributed by atoms with Crippen LogP contribution in [0.15, 0.2) is 84.0 Å². The average Bonchev–Trinajstić information content (AvgIpc) is 3.37. The topological polar surface area (TPSA) is 113 Å². The van der Waals surface area contributed by atoms with E-state index in [1.165, 1.54) is 23.4 Å². The van der Waals surface area contributed by atoms with Gasteiger partial charge in [-0.2, -0.15) is 0 Å². The van der Waals surface area contributed by atoms with Crippen LogP contribution in [0.25, 0.3) is 28.2 Å². The molecule has 0 aliphatic carbocycles. The monoisotopic (exact) mass is 625 g/mol. The average molecular weight is 627 g/mol. The van der Waals surface area contributed by atoms with Crippen LogP contribution in [0.5, 0.6) is 0 Å². The Kier molecular flexibility index (Phi) is 7.43. The molecule has 0 atom stereocenters. The third-order valence-corrected chi connectivity index (χ3v) is 8.77. The minimum absolute atomic E-state index is 0.194. The SMILES string of the molecule is O=C(NS(=O)(=O)c1ccccc1F)N1CCN(c2ncnc3c2nc(-c2ccccc2Cl)n3-c2ccc(Cl)cc2)CC1. The zero-order valence-corrected chi connectivity index (χ0v) is 24.1. The smallest absolute Gasteiger partial charge is 0.331 e. The van der Waals surface area contributed by atoms with Crippen molar-refractivity contribution in [3.63, 3.8) is 0 Å². The van der Waals surface area contributed by atoms with Gasteiger partial charge in [-0.25, -0.2) is 37.3 Å². The van der Waals surface area contributed by atoms with Gasteiger partial charge in [0.1, 0.15) is 22.9 Å². The highest BCUT2D eigenvalue weighted by Gasteiger charge is 2.29. The number of hydrogen-bond acceptors (Lipinski definition) is 7. The number of urea groups is 1. The summed E-state index contributed by atoms with van der Waals surface area (Å²) in [7, 11) is -4.38. The lowest BCUT2D eigenvalue weighted by atomic mass is 10.2. The number of rotatable bonds is 5. The molecule has 2 aromatic heterocycles. The summed E-state index contributed by atoms with van der Waals surface area (Å²) in [4.78, 5) is 29.5. The zero-order valence-electron chi connectivity index (χ0n) is 21.8. The Hall–Kier alpha value is -4.26. The summed E-state index contributed by atoms with van der Waals surface area (Å²) < 4.78 is 43.1. The summed E-state index contributed by atoms with van der Waals surface area (Å²) in [6, 6.07) is 18.7. The Labute approximate surface area is 250 Å². The molecule has 5 aromatic rings. The lowest BCUT2D eigenvalue weighted by Gasteiger charge is -2.35. The maximum Gasteiger partial charge on any atom is 0.331 e. The van der Waals surface area contributed by atoms with Gasteiger partial charge in [0.25, 0.3) is 10.0 Å². The predicted octanol–water partition coefficient (Wildman–Crippen LogP) is 5.15. The fourth-order valence-corrected chi connectivity index (χ4v) is 6.19. The van der Waals surface area contributed by atoms with E-state index in [1.54, 1.807) is 18.2 Å². The highest BCUT2D eigenvalue weighted by Crippen LogP contribution is 2.35. The molecule has 1 fully saturated rings. The molecular formula is C28H22Cl2FN7O3S. The van der Waals surface area contributed by atoms with Crippen LogP contribution in [-0.4, -0.2) is 65.0 Å². The molecule has 2 amide bonds. The van der Waals surface area contributed by atoms with E-state index in [0.29, 0.717) is 51.5 Å². The summed E-state index contributed by atoms with van der Waals surface area (Å²) >= 11 is 12.7. The number of carbonyl (C=O) groups excluding carboxylic acids is 1. The number of imidazole rings is 1. The van der Waals surface area contributed by atoms with Gasteiger partial charge in [-0.1, -0.05) is 47.5 Å². The molecule has 1 aliphatic heterocycles. The Morgan fingerprint density at radius 3 is 2.29 bits per heavy atom. The van der Waals surface area contributed by atoms with Gasteiger partial charge >= 0.3 is 6.03 Å². The first-order valence-electron chi connectivity index (χ1n) is 12.8. The number of aromatic nitrogens is 4. The fraction of sp³-hybridized carbons (Fsp3) is 0.143. The van der Waals surface area contributed by atoms with Gasteiger partial charge in [0, 0.05) is 42.5 Å². The number of nitrogens with one attached hydrogen (secondary N) is 1. The van der Waals surface area contributed by atoms with Crippen LogP contribution >= 0.6 is 23.2 Å². The fourth-order valence-electron chi connectivity index (χ4n) is 4.79. The molecule has 1 N–H and O–H groups in total. The molecule has 3 aromatic carbocycles. The maximum absolute atomic E-state index is 14.0. The lowest BCUT2D eigenvalue weighted by Crippen LogP contribution is -2.53. The Morgan fingerprint density at radius 1 is 0.881 bits per heavy atom. The van der Waals surface area contributed by atoms with Crippen LogP contribution in [-0.2, 0) is 10.0 Å². The van der Waals surface area contributed by atoms with Crippen molar-refractivity contribution in [2.24, 2.45) is 0 Å². The normalized spacial score (nSPS) is 13.9. The summed E-state index contributed by atoms with van der Waals surface area (Å²) in [5, 5.41) is 1.10. The van der Waals surface area contributed by atoms with Crippen molar-refractivity contribution in [3.8, 4) is 17.1 Å². The van der Waals surface area contributed by atoms with Crippen LogP contribution < -0.4 is 9.62 Å². The first-order valence-corrected chi connectivity index (χ1v) is 15.0. The number of nitrogens with zero attached hydrogens (tertiary/aromatic N) is 6. The van der Waals surface area contributed by atoms with E-state index in [-0.39, 0.29) is 13.1 Å². The maximum atomic E-state index is 14.0. The quantitative estimate of drug-likeness (QED) is 0.287. The van der Waals surface area contributed by atoms with E-state index in [4.69, 9.17) is 28.2 Å². The molecule has 0 spiro atoms. The van der Waals surface area contributed by atoms with Crippen LogP contribution in [0.3, 0.4) is 0 Å². The number of piperazine rings is 1. The van der Waals surface area contributed by atoms with Crippen molar-refractivity contribution >= 4 is 56.2 Å². The van der Waals surface area contributed by atoms with Gasteiger partial charge < -0.3 is 9.80 Å². The predicted molar refractivity (Wildman–Crippen MR) is 158 cm³/mol. The van der Waals surface area contributed by atoms with E-state index in [2.05, 4.69) is 9.97 Å². The zero-order chi connectivity index (χ0) is 29.4. The Bertz CT molecular complexity index is 1910. The van der Waals surface area contributed by atoms with Crippen molar-refractivity contribution in [1.82, 2.24) is 29.1 Å². The third kappa shape index (κ3) is 5.24. The third-order valence-electron chi connectivity index (χ3n) is 6.84. The van der Waals surface area contributed by atoms with Crippen LogP contribution in [0.2, 0.25) is 10.0 Å². The van der Waals surface area contributed by atoms with Gasteiger partial charge in [-0.05, 0) is 48.5 Å². The Morgan fingerprint density at radius 2 is 1.57 bits per heavy atom. The molecule has 1 aliphatic rings. The van der Waals surface area contributed by atoms with E-state index in [9.17, 15) is 17.6 Å². The highest BCUT2D eigenvalue weighted by molar-refractivity contribution is 7.90. The molecular weight excluding hydrogens is 604 g/mol. The molecule has 0 saturated carbocycles. The summed E-state index contributed by atoms with van der Waals surface area (Å²) in [6.07, 6.45) is 1.45. The molecule has 0 bridgehead atoms. The molecule has 0 radical (unpaired) electrons. The number of sulfonamides is 1. The van der Waals surface area contributed by atoms with Crippen molar-refractivity contribution in [2.45, 2.75) is 4.90 Å². The van der Waals surface area contributed by atoms with E-state index in [1.807, 2.05) is 44.5 Å². The van der Waals surface area contributed by atoms with E-state index < -0.39 is 26.8 Å². The molecule has 14 heteroatoms. The number of carbonyl (C=O) groups is 1. The van der Waals surface area contributed by atoms with Gasteiger partial charge in [0.15, 0.2) is 17.0 Å². The molecule has 1 saturated heterocycles. The second-order valence-electron chi connectivity index (χ2n) is 9.41. The molecule has 0 unspecified atom stereocenters. The standard InChI is InChI=1S/C28H22Cl2FN7O3S/c29-18-9-11-19(12-10-18)38-25(20-5-1-2-6-21(20)30)34-24-26(32-17-33-27(24)38)36-13-15-37(16-14-36)28(39)35-42(40,41)23-8-4-3-7-22(23)31/h1-12,17H,13-16H2,(H,35,39). The summed E-state index contributed by atoms with van der Waals surface area (Å²) in [6.45, 7) is 1.07. The van der Waals surface area contributed by atoms with E-state index >= 15 is 0 Å². The second-order valence-corrected chi connectivity index (χ2v) is 11.9. The van der Waals surface area contributed by atoms with Crippen LogP contribution in [0.1, 0.15) is 0 Å². The molecule has 42 heavy (non-hydrogen) atoms. The first-order chi connectivity index (χ1) is 20.2.